The van der Waals surface area contributed by atoms with E-state index in [1.807, 2.05) is 4.90 Å². The molecule has 0 saturated carbocycles. The fourth-order valence-electron chi connectivity index (χ4n) is 2.15. The molecule has 0 spiro atoms. The van der Waals surface area contributed by atoms with Gasteiger partial charge in [-0.05, 0) is 18.4 Å². The molecule has 0 bridgehead atoms. The maximum Gasteiger partial charge on any atom is 0.256 e. The van der Waals surface area contributed by atoms with Crippen molar-refractivity contribution in [2.75, 3.05) is 18.8 Å². The van der Waals surface area contributed by atoms with E-state index in [0.29, 0.717) is 22.3 Å². The molecule has 1 aromatic rings. The topological polar surface area (TPSA) is 59.2 Å². The third-order valence-corrected chi connectivity index (χ3v) is 3.49. The molecule has 1 atom stereocenters. The van der Waals surface area contributed by atoms with Gasteiger partial charge in [0, 0.05) is 13.1 Å². The third kappa shape index (κ3) is 2.52. The fraction of sp³-hybridized carbons (Fsp3) is 0.500. The molecule has 1 aliphatic heterocycles. The highest BCUT2D eigenvalue weighted by Crippen LogP contribution is 2.23. The van der Waals surface area contributed by atoms with Gasteiger partial charge in [0.1, 0.15) is 5.15 Å². The number of pyridine rings is 1. The van der Waals surface area contributed by atoms with Gasteiger partial charge in [-0.3, -0.25) is 4.79 Å². The second kappa shape index (κ2) is 4.92. The van der Waals surface area contributed by atoms with Crippen LogP contribution < -0.4 is 5.73 Å². The van der Waals surface area contributed by atoms with Crippen LogP contribution in [-0.4, -0.2) is 28.9 Å². The number of nitrogens with zero attached hydrogens (tertiary/aromatic N) is 2. The van der Waals surface area contributed by atoms with Crippen molar-refractivity contribution < 1.29 is 4.79 Å². The lowest BCUT2D eigenvalue weighted by molar-refractivity contribution is 0.0788. The summed E-state index contributed by atoms with van der Waals surface area (Å²) in [5.74, 6) is 0.570. The van der Waals surface area contributed by atoms with Crippen molar-refractivity contribution in [2.45, 2.75) is 19.8 Å². The molecule has 92 valence electrons. The largest absolute Gasteiger partial charge is 0.397 e. The van der Waals surface area contributed by atoms with Gasteiger partial charge in [-0.15, -0.1) is 0 Å². The zero-order chi connectivity index (χ0) is 12.4. The van der Waals surface area contributed by atoms with E-state index in [-0.39, 0.29) is 5.91 Å². The van der Waals surface area contributed by atoms with Crippen LogP contribution in [0.2, 0.25) is 5.15 Å². The average molecular weight is 254 g/mol. The SMILES string of the molecule is CCC1CCN(C(=O)c2cc(Cl)ncc2N)C1. The summed E-state index contributed by atoms with van der Waals surface area (Å²) in [6.07, 6.45) is 3.61. The maximum absolute atomic E-state index is 12.2. The Morgan fingerprint density at radius 1 is 1.71 bits per heavy atom. The molecular formula is C12H16ClN3O. The lowest BCUT2D eigenvalue weighted by Gasteiger charge is -2.17. The molecule has 1 aromatic heterocycles. The van der Waals surface area contributed by atoms with E-state index in [1.165, 1.54) is 6.20 Å². The second-order valence-corrected chi connectivity index (χ2v) is 4.80. The highest BCUT2D eigenvalue weighted by molar-refractivity contribution is 6.29. The number of carbonyl (C=O) groups excluding carboxylic acids is 1. The van der Waals surface area contributed by atoms with Gasteiger partial charge >= 0.3 is 0 Å². The number of aromatic nitrogens is 1. The number of likely N-dealkylation sites (tertiary alicyclic amines) is 1. The van der Waals surface area contributed by atoms with Gasteiger partial charge < -0.3 is 10.6 Å². The lowest BCUT2D eigenvalue weighted by Crippen LogP contribution is -2.29. The van der Waals surface area contributed by atoms with E-state index in [0.717, 1.165) is 25.9 Å². The van der Waals surface area contributed by atoms with Crippen LogP contribution >= 0.6 is 11.6 Å². The average Bonchev–Trinajstić information content (AvgIpc) is 2.80. The Morgan fingerprint density at radius 3 is 3.12 bits per heavy atom. The number of anilines is 1. The van der Waals surface area contributed by atoms with Gasteiger partial charge in [-0.1, -0.05) is 24.9 Å². The standard InChI is InChI=1S/C12H16ClN3O/c1-2-8-3-4-16(7-8)12(17)9-5-11(13)15-6-10(9)14/h5-6,8H,2-4,7,14H2,1H3. The van der Waals surface area contributed by atoms with E-state index in [9.17, 15) is 4.79 Å². The number of nitrogen functional groups attached to an aromatic ring is 1. The summed E-state index contributed by atoms with van der Waals surface area (Å²) in [7, 11) is 0. The predicted molar refractivity (Wildman–Crippen MR) is 68.0 cm³/mol. The quantitative estimate of drug-likeness (QED) is 0.822. The van der Waals surface area contributed by atoms with E-state index < -0.39 is 0 Å². The monoisotopic (exact) mass is 253 g/mol. The first-order chi connectivity index (χ1) is 8.11. The Labute approximate surface area is 106 Å². The summed E-state index contributed by atoms with van der Waals surface area (Å²) in [4.78, 5) is 17.9. The summed E-state index contributed by atoms with van der Waals surface area (Å²) < 4.78 is 0. The van der Waals surface area contributed by atoms with Gasteiger partial charge in [0.2, 0.25) is 0 Å². The maximum atomic E-state index is 12.2. The van der Waals surface area contributed by atoms with Crippen molar-refractivity contribution in [3.8, 4) is 0 Å². The van der Waals surface area contributed by atoms with Crippen LogP contribution in [0.3, 0.4) is 0 Å². The first kappa shape index (κ1) is 12.2. The highest BCUT2D eigenvalue weighted by atomic mass is 35.5. The predicted octanol–water partition coefficient (Wildman–Crippen LogP) is 2.19. The number of nitrogens with two attached hydrogens (primary N) is 1. The molecular weight excluding hydrogens is 238 g/mol. The highest BCUT2D eigenvalue weighted by Gasteiger charge is 2.26. The molecule has 1 saturated heterocycles. The molecule has 5 heteroatoms. The minimum Gasteiger partial charge on any atom is -0.397 e. The molecule has 0 aromatic carbocycles. The Hall–Kier alpha value is -1.29. The number of hydrogen-bond donors (Lipinski definition) is 1. The molecule has 1 unspecified atom stereocenters. The van der Waals surface area contributed by atoms with Gasteiger partial charge in [0.15, 0.2) is 0 Å². The van der Waals surface area contributed by atoms with Crippen molar-refractivity contribution in [1.29, 1.82) is 0 Å². The van der Waals surface area contributed by atoms with E-state index >= 15 is 0 Å². The normalized spacial score (nSPS) is 19.6. The van der Waals surface area contributed by atoms with E-state index in [2.05, 4.69) is 11.9 Å². The van der Waals surface area contributed by atoms with Crippen LogP contribution in [0.1, 0.15) is 30.1 Å². The van der Waals surface area contributed by atoms with Crippen molar-refractivity contribution in [2.24, 2.45) is 5.92 Å². The zero-order valence-corrected chi connectivity index (χ0v) is 10.6. The summed E-state index contributed by atoms with van der Waals surface area (Å²) in [5.41, 5.74) is 6.60. The third-order valence-electron chi connectivity index (χ3n) is 3.28. The minimum atomic E-state index is -0.0391. The molecule has 4 nitrogen and oxygen atoms in total. The second-order valence-electron chi connectivity index (χ2n) is 4.41. The first-order valence-electron chi connectivity index (χ1n) is 5.82. The molecule has 0 aliphatic carbocycles. The Bertz CT molecular complexity index is 436. The summed E-state index contributed by atoms with van der Waals surface area (Å²) in [6, 6.07) is 1.54. The van der Waals surface area contributed by atoms with E-state index in [4.69, 9.17) is 17.3 Å². The summed E-state index contributed by atoms with van der Waals surface area (Å²) in [6.45, 7) is 3.77. The number of hydrogen-bond acceptors (Lipinski definition) is 3. The van der Waals surface area contributed by atoms with Crippen LogP contribution in [0.5, 0.6) is 0 Å². The number of amides is 1. The molecule has 1 amide bonds. The van der Waals surface area contributed by atoms with E-state index in [1.54, 1.807) is 6.07 Å². The van der Waals surface area contributed by atoms with Crippen molar-refractivity contribution in [3.05, 3.63) is 23.0 Å². The molecule has 1 fully saturated rings. The molecule has 2 rings (SSSR count). The molecule has 17 heavy (non-hydrogen) atoms. The van der Waals surface area contributed by atoms with Crippen molar-refractivity contribution >= 4 is 23.2 Å². The van der Waals surface area contributed by atoms with Crippen LogP contribution in [0, 0.1) is 5.92 Å². The van der Waals surface area contributed by atoms with Crippen molar-refractivity contribution in [3.63, 3.8) is 0 Å². The molecule has 2 N–H and O–H groups in total. The fourth-order valence-corrected chi connectivity index (χ4v) is 2.30. The number of carbonyl (C=O) groups is 1. The zero-order valence-electron chi connectivity index (χ0n) is 9.82. The first-order valence-corrected chi connectivity index (χ1v) is 6.20. The van der Waals surface area contributed by atoms with Gasteiger partial charge in [0.25, 0.3) is 5.91 Å². The van der Waals surface area contributed by atoms with Crippen LogP contribution in [0.4, 0.5) is 5.69 Å². The Morgan fingerprint density at radius 2 is 2.47 bits per heavy atom. The van der Waals surface area contributed by atoms with Crippen molar-refractivity contribution in [1.82, 2.24) is 9.88 Å². The Balaban J connectivity index is 2.17. The number of halogens is 1. The van der Waals surface area contributed by atoms with Gasteiger partial charge in [-0.25, -0.2) is 4.98 Å². The lowest BCUT2D eigenvalue weighted by atomic mass is 10.1. The smallest absolute Gasteiger partial charge is 0.256 e. The summed E-state index contributed by atoms with van der Waals surface area (Å²) in [5, 5.41) is 0.300. The molecule has 2 heterocycles. The number of rotatable bonds is 2. The molecule has 0 radical (unpaired) electrons. The summed E-state index contributed by atoms with van der Waals surface area (Å²) >= 11 is 5.79. The van der Waals surface area contributed by atoms with Gasteiger partial charge in [-0.2, -0.15) is 0 Å². The van der Waals surface area contributed by atoms with Crippen LogP contribution in [0.15, 0.2) is 12.3 Å². The minimum absolute atomic E-state index is 0.0391. The van der Waals surface area contributed by atoms with Gasteiger partial charge in [0.05, 0.1) is 17.4 Å². The van der Waals surface area contributed by atoms with Crippen LogP contribution in [0.25, 0.3) is 0 Å². The Kier molecular flexibility index (Phi) is 3.52. The molecule has 1 aliphatic rings. The van der Waals surface area contributed by atoms with Crippen LogP contribution in [-0.2, 0) is 0 Å².